The van der Waals surface area contributed by atoms with E-state index < -0.39 is 12.1 Å². The number of carbonyl (C=O) groups is 2. The van der Waals surface area contributed by atoms with Crippen molar-refractivity contribution in [2.75, 3.05) is 13.2 Å². The van der Waals surface area contributed by atoms with Crippen molar-refractivity contribution >= 4 is 11.9 Å². The summed E-state index contributed by atoms with van der Waals surface area (Å²) in [6, 6.07) is -0.629. The van der Waals surface area contributed by atoms with E-state index in [1.807, 2.05) is 6.08 Å². The van der Waals surface area contributed by atoms with Crippen molar-refractivity contribution in [3.8, 4) is 0 Å². The van der Waals surface area contributed by atoms with Crippen molar-refractivity contribution < 1.29 is 24.5 Å². The molecular weight excluding hydrogens is 887 g/mol. The van der Waals surface area contributed by atoms with E-state index in [2.05, 4.69) is 43.5 Å². The van der Waals surface area contributed by atoms with Gasteiger partial charge in [-0.3, -0.25) is 9.59 Å². The lowest BCUT2D eigenvalue weighted by Crippen LogP contribution is -2.45. The molecule has 0 radical (unpaired) electrons. The number of hydrogen-bond acceptors (Lipinski definition) is 5. The minimum absolute atomic E-state index is 0.00359. The topological polar surface area (TPSA) is 95.9 Å². The Hall–Kier alpha value is -1.92. The van der Waals surface area contributed by atoms with E-state index >= 15 is 0 Å². The second-order valence-corrected chi connectivity index (χ2v) is 22.1. The molecule has 6 heteroatoms. The molecule has 0 aliphatic heterocycles. The summed E-state index contributed by atoms with van der Waals surface area (Å²) >= 11 is 0. The maximum atomic E-state index is 12.5. The van der Waals surface area contributed by atoms with Crippen LogP contribution in [-0.4, -0.2) is 47.4 Å². The number of aliphatic hydroxyl groups excluding tert-OH is 2. The number of aliphatic hydroxyl groups is 2. The highest BCUT2D eigenvalue weighted by molar-refractivity contribution is 5.76. The van der Waals surface area contributed by atoms with Crippen molar-refractivity contribution in [3.63, 3.8) is 0 Å². The van der Waals surface area contributed by atoms with Gasteiger partial charge in [0.25, 0.3) is 0 Å². The molecule has 0 aromatic rings. The molecule has 1 amide bonds. The van der Waals surface area contributed by atoms with Gasteiger partial charge in [0.1, 0.15) is 0 Å². The number of rotatable bonds is 60. The van der Waals surface area contributed by atoms with Crippen LogP contribution in [-0.2, 0) is 14.3 Å². The zero-order valence-electron chi connectivity index (χ0n) is 48.4. The van der Waals surface area contributed by atoms with Gasteiger partial charge in [-0.25, -0.2) is 0 Å². The Labute approximate surface area is 449 Å². The Morgan fingerprint density at radius 1 is 0.375 bits per heavy atom. The van der Waals surface area contributed by atoms with Gasteiger partial charge in [0.15, 0.2) is 0 Å². The monoisotopic (exact) mass is 1010 g/mol. The first-order chi connectivity index (χ1) is 35.5. The molecule has 0 aliphatic rings. The molecule has 6 nitrogen and oxygen atoms in total. The van der Waals surface area contributed by atoms with Crippen LogP contribution in [0.1, 0.15) is 348 Å². The molecule has 72 heavy (non-hydrogen) atoms. The van der Waals surface area contributed by atoms with E-state index in [-0.39, 0.29) is 18.5 Å². The Bertz CT molecular complexity index is 1170. The number of nitrogens with one attached hydrogen (secondary N) is 1. The lowest BCUT2D eigenvalue weighted by Gasteiger charge is -2.20. The van der Waals surface area contributed by atoms with Gasteiger partial charge in [0, 0.05) is 12.8 Å². The van der Waals surface area contributed by atoms with Gasteiger partial charge in [0.05, 0.1) is 25.4 Å². The first-order valence-electron chi connectivity index (χ1n) is 32.3. The first kappa shape index (κ1) is 70.1. The summed E-state index contributed by atoms with van der Waals surface area (Å²) in [6.45, 7) is 4.88. The lowest BCUT2D eigenvalue weighted by atomic mass is 10.0. The molecule has 0 fully saturated rings. The van der Waals surface area contributed by atoms with Crippen LogP contribution in [0.2, 0.25) is 0 Å². The van der Waals surface area contributed by atoms with E-state index in [9.17, 15) is 19.8 Å². The fourth-order valence-electron chi connectivity index (χ4n) is 9.91. The molecule has 0 bridgehead atoms. The summed E-state index contributed by atoms with van der Waals surface area (Å²) in [5.74, 6) is -0.0632. The maximum absolute atomic E-state index is 12.5. The van der Waals surface area contributed by atoms with Gasteiger partial charge in [-0.15, -0.1) is 0 Å². The summed E-state index contributed by atoms with van der Waals surface area (Å²) in [6.07, 6.45) is 77.7. The van der Waals surface area contributed by atoms with Gasteiger partial charge in [0.2, 0.25) is 5.91 Å². The Kier molecular flexibility index (Phi) is 60.0. The zero-order valence-corrected chi connectivity index (χ0v) is 48.4. The fraction of sp³-hybridized carbons (Fsp3) is 0.879. The third-order valence-electron chi connectivity index (χ3n) is 14.9. The summed E-state index contributed by atoms with van der Waals surface area (Å²) in [7, 11) is 0. The second-order valence-electron chi connectivity index (χ2n) is 22.1. The molecule has 0 aromatic carbocycles. The average Bonchev–Trinajstić information content (AvgIpc) is 3.38. The second kappa shape index (κ2) is 61.6. The molecule has 0 saturated heterocycles. The van der Waals surface area contributed by atoms with Gasteiger partial charge < -0.3 is 20.3 Å². The standard InChI is InChI=1S/C66H125NO5/c1-3-5-7-9-11-13-15-16-17-29-32-35-39-42-46-50-54-58-64(69)63(62-68)67-65(70)59-55-51-47-43-40-36-33-30-27-25-23-21-19-18-20-22-24-26-28-31-34-37-41-45-49-53-57-61-72-66(71)60-56-52-48-44-38-14-12-10-8-6-4-2/h10,12,18-19,54,58,63-64,68-69H,3-9,11,13-17,20-53,55-57,59-62H2,1-2H3,(H,67,70)/b12-10-,19-18-,58-54+. The van der Waals surface area contributed by atoms with E-state index in [0.29, 0.717) is 19.4 Å². The van der Waals surface area contributed by atoms with E-state index in [0.717, 1.165) is 44.9 Å². The van der Waals surface area contributed by atoms with Crippen molar-refractivity contribution in [1.82, 2.24) is 5.32 Å². The molecule has 3 N–H and O–H groups in total. The predicted molar refractivity (Wildman–Crippen MR) is 315 cm³/mol. The lowest BCUT2D eigenvalue weighted by molar-refractivity contribution is -0.143. The minimum Gasteiger partial charge on any atom is -0.466 e. The molecule has 0 aliphatic carbocycles. The van der Waals surface area contributed by atoms with E-state index in [1.54, 1.807) is 6.08 Å². The normalized spacial score (nSPS) is 12.8. The number of ether oxygens (including phenoxy) is 1. The summed E-state index contributed by atoms with van der Waals surface area (Å²) in [4.78, 5) is 24.5. The van der Waals surface area contributed by atoms with Crippen LogP contribution < -0.4 is 5.32 Å². The van der Waals surface area contributed by atoms with Crippen LogP contribution in [0.15, 0.2) is 36.5 Å². The fourth-order valence-corrected chi connectivity index (χ4v) is 9.91. The number of unbranched alkanes of at least 4 members (excludes halogenated alkanes) is 45. The molecule has 424 valence electrons. The molecule has 2 atom stereocenters. The molecule has 0 rings (SSSR count). The van der Waals surface area contributed by atoms with Crippen molar-refractivity contribution in [1.29, 1.82) is 0 Å². The van der Waals surface area contributed by atoms with Crippen molar-refractivity contribution in [2.24, 2.45) is 0 Å². The Morgan fingerprint density at radius 2 is 0.667 bits per heavy atom. The molecule has 0 aromatic heterocycles. The third kappa shape index (κ3) is 57.4. The Balaban J connectivity index is 3.42. The average molecular weight is 1010 g/mol. The third-order valence-corrected chi connectivity index (χ3v) is 14.9. The zero-order chi connectivity index (χ0) is 52.2. The molecule has 0 spiro atoms. The highest BCUT2D eigenvalue weighted by Crippen LogP contribution is 2.17. The van der Waals surface area contributed by atoms with Crippen molar-refractivity contribution in [3.05, 3.63) is 36.5 Å². The number of esters is 1. The number of carbonyl (C=O) groups excluding carboxylic acids is 2. The smallest absolute Gasteiger partial charge is 0.305 e. The largest absolute Gasteiger partial charge is 0.466 e. The SMILES string of the molecule is CCCC/C=C\CCCCCCCC(=O)OCCCCCCCCCCCCCC/C=C\CCCCCCCCCCCCCC(=O)NC(CO)C(O)/C=C/CCCCCCCCCCCCCCCCC. The highest BCUT2D eigenvalue weighted by atomic mass is 16.5. The summed E-state index contributed by atoms with van der Waals surface area (Å²) in [5, 5.41) is 23.2. The quantitative estimate of drug-likeness (QED) is 0.0320. The number of amides is 1. The number of hydrogen-bond donors (Lipinski definition) is 3. The van der Waals surface area contributed by atoms with Crippen LogP contribution in [0.4, 0.5) is 0 Å². The Morgan fingerprint density at radius 3 is 1.03 bits per heavy atom. The van der Waals surface area contributed by atoms with Gasteiger partial charge in [-0.2, -0.15) is 0 Å². The molecular formula is C66H125NO5. The van der Waals surface area contributed by atoms with Crippen LogP contribution in [0, 0.1) is 0 Å². The predicted octanol–water partition coefficient (Wildman–Crippen LogP) is 20.4. The minimum atomic E-state index is -0.845. The van der Waals surface area contributed by atoms with Crippen LogP contribution >= 0.6 is 0 Å². The highest BCUT2D eigenvalue weighted by Gasteiger charge is 2.18. The molecule has 0 heterocycles. The van der Waals surface area contributed by atoms with Crippen LogP contribution in [0.3, 0.4) is 0 Å². The van der Waals surface area contributed by atoms with Crippen LogP contribution in [0.5, 0.6) is 0 Å². The maximum Gasteiger partial charge on any atom is 0.305 e. The van der Waals surface area contributed by atoms with E-state index in [4.69, 9.17) is 4.74 Å². The molecule has 2 unspecified atom stereocenters. The molecule has 0 saturated carbocycles. The van der Waals surface area contributed by atoms with Crippen molar-refractivity contribution in [2.45, 2.75) is 360 Å². The van der Waals surface area contributed by atoms with Gasteiger partial charge in [-0.1, -0.05) is 294 Å². The summed E-state index contributed by atoms with van der Waals surface area (Å²) in [5.41, 5.74) is 0. The van der Waals surface area contributed by atoms with E-state index in [1.165, 1.54) is 276 Å². The first-order valence-corrected chi connectivity index (χ1v) is 32.3. The summed E-state index contributed by atoms with van der Waals surface area (Å²) < 4.78 is 5.46. The van der Waals surface area contributed by atoms with Gasteiger partial charge in [-0.05, 0) is 77.0 Å². The van der Waals surface area contributed by atoms with Gasteiger partial charge >= 0.3 is 5.97 Å². The van der Waals surface area contributed by atoms with Crippen LogP contribution in [0.25, 0.3) is 0 Å². The number of allylic oxidation sites excluding steroid dienone is 5.